The van der Waals surface area contributed by atoms with Gasteiger partial charge in [0.15, 0.2) is 5.82 Å². The lowest BCUT2D eigenvalue weighted by Crippen LogP contribution is -2.09. The quantitative estimate of drug-likeness (QED) is 0.794. The number of aryl methyl sites for hydroxylation is 1. The minimum atomic E-state index is 0.379. The summed E-state index contributed by atoms with van der Waals surface area (Å²) in [5.74, 6) is 1.33. The molecule has 1 N–H and O–H groups in total. The average molecular weight is 306 g/mol. The minimum absolute atomic E-state index is 0.379. The third-order valence-electron chi connectivity index (χ3n) is 3.14. The molecule has 1 aromatic carbocycles. The van der Waals surface area contributed by atoms with Gasteiger partial charge in [-0.3, -0.25) is 0 Å². The van der Waals surface area contributed by atoms with E-state index >= 15 is 0 Å². The molecule has 0 aliphatic carbocycles. The van der Waals surface area contributed by atoms with Crippen LogP contribution in [0.2, 0.25) is 5.15 Å². The van der Waals surface area contributed by atoms with Crippen LogP contribution in [0.25, 0.3) is 0 Å². The van der Waals surface area contributed by atoms with E-state index in [4.69, 9.17) is 16.3 Å². The lowest BCUT2D eigenvalue weighted by molar-refractivity contribution is 0.128. The van der Waals surface area contributed by atoms with Crippen LogP contribution in [-0.2, 0) is 17.8 Å². The number of nitrogens with zero attached hydrogens (tertiary/aromatic N) is 2. The number of hydrogen-bond acceptors (Lipinski definition) is 4. The summed E-state index contributed by atoms with van der Waals surface area (Å²) in [5.41, 5.74) is 2.64. The Morgan fingerprint density at radius 3 is 2.81 bits per heavy atom. The molecule has 21 heavy (non-hydrogen) atoms. The van der Waals surface area contributed by atoms with Gasteiger partial charge in [0, 0.05) is 19.2 Å². The third-order valence-corrected chi connectivity index (χ3v) is 3.33. The van der Waals surface area contributed by atoms with Crippen molar-refractivity contribution in [1.82, 2.24) is 9.97 Å². The molecule has 0 aliphatic heterocycles. The Kier molecular flexibility index (Phi) is 5.96. The van der Waals surface area contributed by atoms with Crippen molar-refractivity contribution in [3.05, 3.63) is 52.4 Å². The van der Waals surface area contributed by atoms with Crippen LogP contribution in [0.1, 0.15) is 23.9 Å². The molecule has 5 heteroatoms. The molecular formula is C16H20ClN3O. The van der Waals surface area contributed by atoms with Gasteiger partial charge in [-0.25, -0.2) is 9.97 Å². The van der Waals surface area contributed by atoms with Crippen LogP contribution in [0, 0.1) is 6.92 Å². The van der Waals surface area contributed by atoms with Crippen LogP contribution in [0.4, 0.5) is 5.82 Å². The Morgan fingerprint density at radius 2 is 2.05 bits per heavy atom. The summed E-state index contributed by atoms with van der Waals surface area (Å²) in [6.45, 7) is 5.87. The lowest BCUT2D eigenvalue weighted by atomic mass is 10.1. The summed E-state index contributed by atoms with van der Waals surface area (Å²) >= 11 is 6.00. The fourth-order valence-electron chi connectivity index (χ4n) is 2.03. The van der Waals surface area contributed by atoms with E-state index in [0.717, 1.165) is 18.8 Å². The molecule has 0 unspecified atom stereocenters. The molecule has 112 valence electrons. The van der Waals surface area contributed by atoms with Gasteiger partial charge in [-0.05, 0) is 31.4 Å². The Bertz CT molecular complexity index is 589. The standard InChI is InChI=1S/C16H20ClN3O/c1-3-21-11-16-19-14(17)10-15(20-16)18-9-8-13-7-5-4-6-12(13)2/h4-7,10H,3,8-9,11H2,1-2H3,(H,18,19,20). The van der Waals surface area contributed by atoms with E-state index in [1.165, 1.54) is 11.1 Å². The Hall–Kier alpha value is -1.65. The van der Waals surface area contributed by atoms with Gasteiger partial charge < -0.3 is 10.1 Å². The largest absolute Gasteiger partial charge is 0.374 e. The first kappa shape index (κ1) is 15.7. The summed E-state index contributed by atoms with van der Waals surface area (Å²) in [6, 6.07) is 10.1. The predicted molar refractivity (Wildman–Crippen MR) is 85.7 cm³/mol. The molecule has 0 saturated heterocycles. The molecule has 0 atom stereocenters. The highest BCUT2D eigenvalue weighted by Crippen LogP contribution is 2.13. The van der Waals surface area contributed by atoms with E-state index in [1.807, 2.05) is 6.92 Å². The average Bonchev–Trinajstić information content (AvgIpc) is 2.47. The van der Waals surface area contributed by atoms with Crippen molar-refractivity contribution in [2.75, 3.05) is 18.5 Å². The maximum absolute atomic E-state index is 6.00. The SMILES string of the molecule is CCOCc1nc(Cl)cc(NCCc2ccccc2C)n1. The van der Waals surface area contributed by atoms with Gasteiger partial charge in [0.1, 0.15) is 17.6 Å². The van der Waals surface area contributed by atoms with E-state index in [0.29, 0.717) is 24.2 Å². The molecule has 0 fully saturated rings. The normalized spacial score (nSPS) is 10.6. The summed E-state index contributed by atoms with van der Waals surface area (Å²) < 4.78 is 5.31. The maximum Gasteiger partial charge on any atom is 0.158 e. The molecule has 2 aromatic rings. The molecule has 0 spiro atoms. The summed E-state index contributed by atoms with van der Waals surface area (Å²) in [7, 11) is 0. The zero-order valence-electron chi connectivity index (χ0n) is 12.4. The number of benzene rings is 1. The van der Waals surface area contributed by atoms with Crippen molar-refractivity contribution in [2.24, 2.45) is 0 Å². The van der Waals surface area contributed by atoms with Gasteiger partial charge in [0.05, 0.1) is 0 Å². The highest BCUT2D eigenvalue weighted by Gasteiger charge is 2.04. The second-order valence-electron chi connectivity index (χ2n) is 4.73. The van der Waals surface area contributed by atoms with Crippen molar-refractivity contribution >= 4 is 17.4 Å². The van der Waals surface area contributed by atoms with Crippen molar-refractivity contribution in [2.45, 2.75) is 26.9 Å². The number of hydrogen-bond donors (Lipinski definition) is 1. The fraction of sp³-hybridized carbons (Fsp3) is 0.375. The monoisotopic (exact) mass is 305 g/mol. The fourth-order valence-corrected chi connectivity index (χ4v) is 2.23. The van der Waals surface area contributed by atoms with Crippen LogP contribution in [0.15, 0.2) is 30.3 Å². The number of nitrogens with one attached hydrogen (secondary N) is 1. The van der Waals surface area contributed by atoms with E-state index in [-0.39, 0.29) is 0 Å². The predicted octanol–water partition coefficient (Wildman–Crippen LogP) is 3.63. The van der Waals surface area contributed by atoms with Crippen LogP contribution in [0.5, 0.6) is 0 Å². The van der Waals surface area contributed by atoms with Crippen LogP contribution in [0.3, 0.4) is 0 Å². The van der Waals surface area contributed by atoms with Crippen molar-refractivity contribution in [1.29, 1.82) is 0 Å². The maximum atomic E-state index is 6.00. The second-order valence-corrected chi connectivity index (χ2v) is 5.12. The Balaban J connectivity index is 1.93. The highest BCUT2D eigenvalue weighted by atomic mass is 35.5. The number of anilines is 1. The topological polar surface area (TPSA) is 47.0 Å². The summed E-state index contributed by atoms with van der Waals surface area (Å²) in [6.07, 6.45) is 0.940. The molecule has 0 aliphatic rings. The van der Waals surface area contributed by atoms with Crippen molar-refractivity contribution < 1.29 is 4.74 Å². The molecule has 0 bridgehead atoms. The molecule has 1 aromatic heterocycles. The number of ether oxygens (including phenoxy) is 1. The van der Waals surface area contributed by atoms with Gasteiger partial charge >= 0.3 is 0 Å². The van der Waals surface area contributed by atoms with Crippen LogP contribution >= 0.6 is 11.6 Å². The van der Waals surface area contributed by atoms with Crippen LogP contribution < -0.4 is 5.32 Å². The van der Waals surface area contributed by atoms with Crippen LogP contribution in [-0.4, -0.2) is 23.1 Å². The minimum Gasteiger partial charge on any atom is -0.374 e. The second kappa shape index (κ2) is 7.96. The zero-order chi connectivity index (χ0) is 15.1. The highest BCUT2D eigenvalue weighted by molar-refractivity contribution is 6.29. The lowest BCUT2D eigenvalue weighted by Gasteiger charge is -2.09. The number of halogens is 1. The van der Waals surface area contributed by atoms with Crippen molar-refractivity contribution in [3.8, 4) is 0 Å². The summed E-state index contributed by atoms with van der Waals surface area (Å²) in [4.78, 5) is 8.53. The molecule has 4 nitrogen and oxygen atoms in total. The number of rotatable bonds is 7. The van der Waals surface area contributed by atoms with E-state index in [1.54, 1.807) is 6.07 Å². The Labute approximate surface area is 130 Å². The molecule has 0 saturated carbocycles. The third kappa shape index (κ3) is 4.99. The van der Waals surface area contributed by atoms with E-state index < -0.39 is 0 Å². The van der Waals surface area contributed by atoms with Gasteiger partial charge in [-0.1, -0.05) is 35.9 Å². The van der Waals surface area contributed by atoms with Gasteiger partial charge in [0.25, 0.3) is 0 Å². The first-order valence-corrected chi connectivity index (χ1v) is 7.46. The summed E-state index contributed by atoms with van der Waals surface area (Å²) in [5, 5.41) is 3.72. The first-order valence-electron chi connectivity index (χ1n) is 7.08. The smallest absolute Gasteiger partial charge is 0.158 e. The molecular weight excluding hydrogens is 286 g/mol. The molecule has 1 heterocycles. The Morgan fingerprint density at radius 1 is 1.24 bits per heavy atom. The first-order chi connectivity index (χ1) is 10.2. The van der Waals surface area contributed by atoms with Gasteiger partial charge in [-0.15, -0.1) is 0 Å². The molecule has 0 radical (unpaired) electrons. The zero-order valence-corrected chi connectivity index (χ0v) is 13.2. The van der Waals surface area contributed by atoms with Gasteiger partial charge in [-0.2, -0.15) is 0 Å². The number of aromatic nitrogens is 2. The molecule has 2 rings (SSSR count). The van der Waals surface area contributed by atoms with Gasteiger partial charge in [0.2, 0.25) is 0 Å². The van der Waals surface area contributed by atoms with E-state index in [9.17, 15) is 0 Å². The van der Waals surface area contributed by atoms with Crippen molar-refractivity contribution in [3.63, 3.8) is 0 Å². The van der Waals surface area contributed by atoms with E-state index in [2.05, 4.69) is 46.5 Å². The molecule has 0 amide bonds.